The first-order valence-corrected chi connectivity index (χ1v) is 8.88. The number of aromatic nitrogens is 1. The molecule has 0 spiro atoms. The lowest BCUT2D eigenvalue weighted by Gasteiger charge is -2.17. The summed E-state index contributed by atoms with van der Waals surface area (Å²) in [5.41, 5.74) is 5.04. The molecule has 4 nitrogen and oxygen atoms in total. The SMILES string of the molecule is Cc1ccc2c(c1C)OC[C@@H]2NCc1ccc(N2CCCC2)nc1. The van der Waals surface area contributed by atoms with E-state index in [4.69, 9.17) is 4.74 Å². The molecule has 24 heavy (non-hydrogen) atoms. The molecule has 1 atom stereocenters. The molecule has 3 heterocycles. The van der Waals surface area contributed by atoms with E-state index < -0.39 is 0 Å². The summed E-state index contributed by atoms with van der Waals surface area (Å²) >= 11 is 0. The number of anilines is 1. The summed E-state index contributed by atoms with van der Waals surface area (Å²) in [7, 11) is 0. The predicted molar refractivity (Wildman–Crippen MR) is 96.7 cm³/mol. The third-order valence-electron chi connectivity index (χ3n) is 5.27. The number of nitrogens with one attached hydrogen (secondary N) is 1. The van der Waals surface area contributed by atoms with Crippen molar-refractivity contribution in [2.45, 2.75) is 39.3 Å². The molecule has 1 fully saturated rings. The van der Waals surface area contributed by atoms with E-state index in [1.54, 1.807) is 0 Å². The molecule has 0 bridgehead atoms. The molecule has 126 valence electrons. The minimum Gasteiger partial charge on any atom is -0.491 e. The Labute approximate surface area is 143 Å². The summed E-state index contributed by atoms with van der Waals surface area (Å²) in [6.45, 7) is 8.07. The lowest BCUT2D eigenvalue weighted by Crippen LogP contribution is -2.22. The van der Waals surface area contributed by atoms with Crippen LogP contribution in [0.2, 0.25) is 0 Å². The quantitative estimate of drug-likeness (QED) is 0.934. The summed E-state index contributed by atoms with van der Waals surface area (Å²) < 4.78 is 5.91. The fourth-order valence-electron chi connectivity index (χ4n) is 3.60. The van der Waals surface area contributed by atoms with Crippen molar-refractivity contribution < 1.29 is 4.74 Å². The molecule has 1 N–H and O–H groups in total. The highest BCUT2D eigenvalue weighted by molar-refractivity contribution is 5.49. The van der Waals surface area contributed by atoms with Crippen molar-refractivity contribution in [2.24, 2.45) is 0 Å². The molecule has 4 rings (SSSR count). The van der Waals surface area contributed by atoms with Gasteiger partial charge in [0, 0.05) is 31.4 Å². The van der Waals surface area contributed by atoms with Gasteiger partial charge in [0.15, 0.2) is 0 Å². The Morgan fingerprint density at radius 2 is 2.00 bits per heavy atom. The number of hydrogen-bond donors (Lipinski definition) is 1. The van der Waals surface area contributed by atoms with Crippen LogP contribution in [-0.4, -0.2) is 24.7 Å². The Kier molecular flexibility index (Phi) is 4.15. The van der Waals surface area contributed by atoms with Gasteiger partial charge in [0.1, 0.15) is 18.2 Å². The molecule has 2 aliphatic heterocycles. The third-order valence-corrected chi connectivity index (χ3v) is 5.27. The van der Waals surface area contributed by atoms with Gasteiger partial charge in [0.25, 0.3) is 0 Å². The average Bonchev–Trinajstić information content (AvgIpc) is 3.27. The van der Waals surface area contributed by atoms with Crippen molar-refractivity contribution in [3.05, 3.63) is 52.7 Å². The fourth-order valence-corrected chi connectivity index (χ4v) is 3.60. The van der Waals surface area contributed by atoms with E-state index in [0.717, 1.165) is 31.2 Å². The van der Waals surface area contributed by atoms with E-state index in [9.17, 15) is 0 Å². The van der Waals surface area contributed by atoms with Gasteiger partial charge < -0.3 is 15.0 Å². The first-order chi connectivity index (χ1) is 11.7. The van der Waals surface area contributed by atoms with Crippen LogP contribution >= 0.6 is 0 Å². The number of benzene rings is 1. The highest BCUT2D eigenvalue weighted by atomic mass is 16.5. The molecular formula is C20H25N3O. The lowest BCUT2D eigenvalue weighted by atomic mass is 10.0. The molecule has 0 unspecified atom stereocenters. The molecule has 0 saturated carbocycles. The highest BCUT2D eigenvalue weighted by Crippen LogP contribution is 2.36. The Morgan fingerprint density at radius 1 is 1.17 bits per heavy atom. The predicted octanol–water partition coefficient (Wildman–Crippen LogP) is 3.52. The minimum atomic E-state index is 0.262. The smallest absolute Gasteiger partial charge is 0.128 e. The first kappa shape index (κ1) is 15.5. The number of nitrogens with zero attached hydrogens (tertiary/aromatic N) is 2. The molecule has 0 aliphatic carbocycles. The van der Waals surface area contributed by atoms with Crippen LogP contribution in [0.5, 0.6) is 5.75 Å². The molecule has 1 saturated heterocycles. The maximum Gasteiger partial charge on any atom is 0.128 e. The normalized spacial score (nSPS) is 19.4. The molecule has 1 aromatic carbocycles. The van der Waals surface area contributed by atoms with Gasteiger partial charge in [0.05, 0.1) is 6.04 Å². The maximum absolute atomic E-state index is 5.91. The van der Waals surface area contributed by atoms with Crippen LogP contribution in [0, 0.1) is 13.8 Å². The van der Waals surface area contributed by atoms with E-state index in [-0.39, 0.29) is 6.04 Å². The number of pyridine rings is 1. The highest BCUT2D eigenvalue weighted by Gasteiger charge is 2.25. The van der Waals surface area contributed by atoms with Gasteiger partial charge in [-0.25, -0.2) is 4.98 Å². The number of fused-ring (bicyclic) bond motifs is 1. The van der Waals surface area contributed by atoms with Gasteiger partial charge >= 0.3 is 0 Å². The summed E-state index contributed by atoms with van der Waals surface area (Å²) in [6, 6.07) is 8.97. The zero-order chi connectivity index (χ0) is 16.5. The Bertz CT molecular complexity index is 720. The standard InChI is InChI=1S/C20H25N3O/c1-14-5-7-17-18(13-24-20(17)15(14)2)21-11-16-6-8-19(22-12-16)23-9-3-4-10-23/h5-8,12,18,21H,3-4,9-11,13H2,1-2H3/t18-/m0/s1. The van der Waals surface area contributed by atoms with Crippen molar-refractivity contribution in [1.82, 2.24) is 10.3 Å². The van der Waals surface area contributed by atoms with E-state index in [1.165, 1.54) is 35.1 Å². The molecular weight excluding hydrogens is 298 g/mol. The van der Waals surface area contributed by atoms with Crippen LogP contribution in [0.3, 0.4) is 0 Å². The van der Waals surface area contributed by atoms with Gasteiger partial charge in [0.2, 0.25) is 0 Å². The van der Waals surface area contributed by atoms with E-state index in [0.29, 0.717) is 6.61 Å². The molecule has 0 radical (unpaired) electrons. The van der Waals surface area contributed by atoms with Crippen LogP contribution in [0.25, 0.3) is 0 Å². The Morgan fingerprint density at radius 3 is 2.75 bits per heavy atom. The zero-order valence-electron chi connectivity index (χ0n) is 14.5. The van der Waals surface area contributed by atoms with Gasteiger partial charge in [-0.15, -0.1) is 0 Å². The molecule has 0 amide bonds. The lowest BCUT2D eigenvalue weighted by molar-refractivity contribution is 0.309. The van der Waals surface area contributed by atoms with Crippen LogP contribution in [0.1, 0.15) is 41.1 Å². The average molecular weight is 323 g/mol. The van der Waals surface area contributed by atoms with Gasteiger partial charge in [-0.2, -0.15) is 0 Å². The maximum atomic E-state index is 5.91. The van der Waals surface area contributed by atoms with E-state index in [1.807, 2.05) is 6.20 Å². The van der Waals surface area contributed by atoms with Crippen molar-refractivity contribution >= 4 is 5.82 Å². The number of ether oxygens (including phenoxy) is 1. The number of hydrogen-bond acceptors (Lipinski definition) is 4. The van der Waals surface area contributed by atoms with Crippen molar-refractivity contribution in [3.63, 3.8) is 0 Å². The minimum absolute atomic E-state index is 0.262. The summed E-state index contributed by atoms with van der Waals surface area (Å²) in [5.74, 6) is 2.17. The van der Waals surface area contributed by atoms with Crippen molar-refractivity contribution in [1.29, 1.82) is 0 Å². The number of rotatable bonds is 4. The second-order valence-electron chi connectivity index (χ2n) is 6.89. The molecule has 2 aromatic rings. The second-order valence-corrected chi connectivity index (χ2v) is 6.89. The monoisotopic (exact) mass is 323 g/mol. The Balaban J connectivity index is 1.40. The van der Waals surface area contributed by atoms with Gasteiger partial charge in [-0.1, -0.05) is 18.2 Å². The van der Waals surface area contributed by atoms with Crippen LogP contribution in [0.15, 0.2) is 30.5 Å². The van der Waals surface area contributed by atoms with Crippen LogP contribution in [0.4, 0.5) is 5.82 Å². The molecule has 2 aliphatic rings. The number of aryl methyl sites for hydroxylation is 1. The second kappa shape index (κ2) is 6.44. The Hall–Kier alpha value is -2.07. The zero-order valence-corrected chi connectivity index (χ0v) is 14.5. The van der Waals surface area contributed by atoms with Gasteiger partial charge in [-0.3, -0.25) is 0 Å². The van der Waals surface area contributed by atoms with Crippen molar-refractivity contribution in [3.8, 4) is 5.75 Å². The first-order valence-electron chi connectivity index (χ1n) is 8.88. The third kappa shape index (κ3) is 2.86. The van der Waals surface area contributed by atoms with Crippen molar-refractivity contribution in [2.75, 3.05) is 24.6 Å². The molecule has 4 heteroatoms. The summed E-state index contributed by atoms with van der Waals surface area (Å²) in [4.78, 5) is 7.00. The topological polar surface area (TPSA) is 37.4 Å². The fraction of sp³-hybridized carbons (Fsp3) is 0.450. The van der Waals surface area contributed by atoms with Crippen LogP contribution in [-0.2, 0) is 6.54 Å². The van der Waals surface area contributed by atoms with Crippen LogP contribution < -0.4 is 15.0 Å². The van der Waals surface area contributed by atoms with E-state index >= 15 is 0 Å². The molecule has 1 aromatic heterocycles. The largest absolute Gasteiger partial charge is 0.491 e. The summed E-state index contributed by atoms with van der Waals surface area (Å²) in [6.07, 6.45) is 4.56. The van der Waals surface area contributed by atoms with E-state index in [2.05, 4.69) is 53.3 Å². The van der Waals surface area contributed by atoms with Gasteiger partial charge in [-0.05, 0) is 49.4 Å². The summed E-state index contributed by atoms with van der Waals surface area (Å²) in [5, 5.41) is 3.61.